The summed E-state index contributed by atoms with van der Waals surface area (Å²) in [6.07, 6.45) is -3.55. The molecule has 20 heavy (non-hydrogen) atoms. The monoisotopic (exact) mass is 287 g/mol. The number of hydrogen-bond donors (Lipinski definition) is 1. The Hall–Kier alpha value is -2.38. The Kier molecular flexibility index (Phi) is 3.73. The zero-order chi connectivity index (χ0) is 14.8. The second-order valence-electron chi connectivity index (χ2n) is 3.89. The van der Waals surface area contributed by atoms with Gasteiger partial charge in [-0.15, -0.1) is 8.78 Å². The molecule has 1 N–H and O–H groups in total. The summed E-state index contributed by atoms with van der Waals surface area (Å²) in [5, 5.41) is 2.38. The van der Waals surface area contributed by atoms with E-state index in [0.717, 1.165) is 0 Å². The summed E-state index contributed by atoms with van der Waals surface area (Å²) in [5.41, 5.74) is 0.225. The molecule has 2 rings (SSSR count). The van der Waals surface area contributed by atoms with Crippen molar-refractivity contribution in [1.29, 1.82) is 0 Å². The second-order valence-corrected chi connectivity index (χ2v) is 3.89. The molecular weight excluding hydrogens is 276 g/mol. The summed E-state index contributed by atoms with van der Waals surface area (Å²) in [6, 6.07) is 3.79. The van der Waals surface area contributed by atoms with Crippen LogP contribution in [-0.2, 0) is 14.3 Å². The van der Waals surface area contributed by atoms with Gasteiger partial charge in [-0.2, -0.15) is 0 Å². The van der Waals surface area contributed by atoms with Crippen LogP contribution in [0.15, 0.2) is 18.2 Å². The largest absolute Gasteiger partial charge is 0.586 e. The number of anilines is 1. The third kappa shape index (κ3) is 3.34. The van der Waals surface area contributed by atoms with Gasteiger partial charge in [0.25, 0.3) is 5.91 Å². The van der Waals surface area contributed by atoms with Crippen molar-refractivity contribution < 1.29 is 32.6 Å². The molecule has 108 valence electrons. The number of alkyl halides is 2. The first kappa shape index (κ1) is 14.0. The maximum atomic E-state index is 12.8. The predicted octanol–water partition coefficient (Wildman–Crippen LogP) is 1.90. The number of fused-ring (bicyclic) bond motifs is 1. The normalized spacial score (nSPS) is 14.8. The molecule has 0 spiro atoms. The molecule has 0 radical (unpaired) electrons. The average Bonchev–Trinajstić information content (AvgIpc) is 2.69. The van der Waals surface area contributed by atoms with Crippen molar-refractivity contribution in [2.24, 2.45) is 0 Å². The molecule has 0 bridgehead atoms. The lowest BCUT2D eigenvalue weighted by atomic mass is 10.3. The van der Waals surface area contributed by atoms with Gasteiger partial charge in [-0.05, 0) is 12.1 Å². The van der Waals surface area contributed by atoms with Crippen LogP contribution in [-0.4, -0.2) is 24.8 Å². The predicted molar refractivity (Wildman–Crippen MR) is 62.5 cm³/mol. The highest BCUT2D eigenvalue weighted by molar-refractivity contribution is 5.93. The summed E-state index contributed by atoms with van der Waals surface area (Å²) in [4.78, 5) is 22.3. The SMILES string of the molecule is CCC(=O)OCC(=O)Nc1ccc2c(c1)OC(F)(F)O2. The number of carbonyl (C=O) groups excluding carboxylic acids is 2. The number of halogens is 2. The minimum Gasteiger partial charge on any atom is -0.456 e. The first-order valence-corrected chi connectivity index (χ1v) is 5.75. The van der Waals surface area contributed by atoms with E-state index in [1.165, 1.54) is 18.2 Å². The van der Waals surface area contributed by atoms with Gasteiger partial charge < -0.3 is 19.5 Å². The maximum Gasteiger partial charge on any atom is 0.586 e. The van der Waals surface area contributed by atoms with Crippen LogP contribution in [0.3, 0.4) is 0 Å². The molecule has 1 aliphatic heterocycles. The molecule has 0 fully saturated rings. The summed E-state index contributed by atoms with van der Waals surface area (Å²) >= 11 is 0. The van der Waals surface area contributed by atoms with Crippen molar-refractivity contribution in [2.75, 3.05) is 11.9 Å². The van der Waals surface area contributed by atoms with E-state index in [0.29, 0.717) is 0 Å². The minimum absolute atomic E-state index is 0.120. The number of carbonyl (C=O) groups is 2. The Bertz CT molecular complexity index is 547. The number of nitrogens with one attached hydrogen (secondary N) is 1. The summed E-state index contributed by atoms with van der Waals surface area (Å²) in [5.74, 6) is -1.40. The Balaban J connectivity index is 1.95. The van der Waals surface area contributed by atoms with Crippen LogP contribution in [0.5, 0.6) is 11.5 Å². The molecule has 0 saturated heterocycles. The van der Waals surface area contributed by atoms with Crippen LogP contribution in [0.2, 0.25) is 0 Å². The number of amides is 1. The Labute approximate surface area is 112 Å². The van der Waals surface area contributed by atoms with Gasteiger partial charge in [-0.1, -0.05) is 6.92 Å². The molecule has 6 nitrogen and oxygen atoms in total. The highest BCUT2D eigenvalue weighted by atomic mass is 19.3. The quantitative estimate of drug-likeness (QED) is 0.856. The Morgan fingerprint density at radius 2 is 2.00 bits per heavy atom. The number of rotatable bonds is 4. The number of hydrogen-bond acceptors (Lipinski definition) is 5. The zero-order valence-electron chi connectivity index (χ0n) is 10.4. The topological polar surface area (TPSA) is 73.9 Å². The fourth-order valence-electron chi connectivity index (χ4n) is 1.47. The third-order valence-electron chi connectivity index (χ3n) is 2.34. The van der Waals surface area contributed by atoms with E-state index in [4.69, 9.17) is 0 Å². The summed E-state index contributed by atoms with van der Waals surface area (Å²) in [6.45, 7) is 1.15. The van der Waals surface area contributed by atoms with E-state index in [9.17, 15) is 18.4 Å². The van der Waals surface area contributed by atoms with Crippen LogP contribution in [0.25, 0.3) is 0 Å². The van der Waals surface area contributed by atoms with Crippen LogP contribution < -0.4 is 14.8 Å². The third-order valence-corrected chi connectivity index (χ3v) is 2.34. The van der Waals surface area contributed by atoms with Crippen LogP contribution in [0, 0.1) is 0 Å². The van der Waals surface area contributed by atoms with Crippen molar-refractivity contribution in [2.45, 2.75) is 19.6 Å². The number of benzene rings is 1. The molecule has 8 heteroatoms. The molecule has 1 heterocycles. The molecule has 0 aliphatic carbocycles. The molecule has 1 aromatic rings. The van der Waals surface area contributed by atoms with Gasteiger partial charge in [-0.25, -0.2) is 0 Å². The molecule has 1 aromatic carbocycles. The average molecular weight is 287 g/mol. The van der Waals surface area contributed by atoms with Gasteiger partial charge in [0.1, 0.15) is 0 Å². The molecule has 0 aromatic heterocycles. The highest BCUT2D eigenvalue weighted by Gasteiger charge is 2.43. The first-order chi connectivity index (χ1) is 9.39. The van der Waals surface area contributed by atoms with E-state index in [2.05, 4.69) is 19.5 Å². The molecule has 0 saturated carbocycles. The lowest BCUT2D eigenvalue weighted by Crippen LogP contribution is -2.25. The molecule has 0 atom stereocenters. The molecule has 0 unspecified atom stereocenters. The number of ether oxygens (including phenoxy) is 3. The van der Waals surface area contributed by atoms with E-state index in [-0.39, 0.29) is 23.6 Å². The molecule has 1 amide bonds. The van der Waals surface area contributed by atoms with Gasteiger partial charge in [0.15, 0.2) is 18.1 Å². The first-order valence-electron chi connectivity index (χ1n) is 5.75. The van der Waals surface area contributed by atoms with Gasteiger partial charge in [-0.3, -0.25) is 9.59 Å². The molecule has 1 aliphatic rings. The Morgan fingerprint density at radius 3 is 2.70 bits per heavy atom. The standard InChI is InChI=1S/C12H11F2NO5/c1-2-11(17)18-6-10(16)15-7-3-4-8-9(5-7)20-12(13,14)19-8/h3-5H,2,6H2,1H3,(H,15,16). The van der Waals surface area contributed by atoms with Crippen molar-refractivity contribution in [3.63, 3.8) is 0 Å². The van der Waals surface area contributed by atoms with Gasteiger partial charge >= 0.3 is 12.3 Å². The second kappa shape index (κ2) is 5.32. The van der Waals surface area contributed by atoms with E-state index >= 15 is 0 Å². The fourth-order valence-corrected chi connectivity index (χ4v) is 1.47. The van der Waals surface area contributed by atoms with Crippen molar-refractivity contribution >= 4 is 17.6 Å². The molecular formula is C12H11F2NO5. The lowest BCUT2D eigenvalue weighted by molar-refractivity contribution is -0.286. The summed E-state index contributed by atoms with van der Waals surface area (Å²) < 4.78 is 38.7. The van der Waals surface area contributed by atoms with Crippen molar-refractivity contribution in [3.8, 4) is 11.5 Å². The Morgan fingerprint density at radius 1 is 1.30 bits per heavy atom. The van der Waals surface area contributed by atoms with E-state index < -0.39 is 24.8 Å². The van der Waals surface area contributed by atoms with Gasteiger partial charge in [0.05, 0.1) is 0 Å². The maximum absolute atomic E-state index is 12.8. The highest BCUT2D eigenvalue weighted by Crippen LogP contribution is 2.42. The van der Waals surface area contributed by atoms with Crippen LogP contribution in [0.4, 0.5) is 14.5 Å². The lowest BCUT2D eigenvalue weighted by Gasteiger charge is -2.06. The van der Waals surface area contributed by atoms with E-state index in [1.807, 2.05) is 0 Å². The zero-order valence-corrected chi connectivity index (χ0v) is 10.4. The van der Waals surface area contributed by atoms with Crippen LogP contribution >= 0.6 is 0 Å². The fraction of sp³-hybridized carbons (Fsp3) is 0.333. The van der Waals surface area contributed by atoms with Crippen LogP contribution in [0.1, 0.15) is 13.3 Å². The van der Waals surface area contributed by atoms with Gasteiger partial charge in [0.2, 0.25) is 0 Å². The van der Waals surface area contributed by atoms with Crippen molar-refractivity contribution in [1.82, 2.24) is 0 Å². The van der Waals surface area contributed by atoms with Gasteiger partial charge in [0, 0.05) is 18.2 Å². The van der Waals surface area contributed by atoms with Crippen molar-refractivity contribution in [3.05, 3.63) is 18.2 Å². The smallest absolute Gasteiger partial charge is 0.456 e. The van der Waals surface area contributed by atoms with E-state index in [1.54, 1.807) is 6.92 Å². The number of esters is 1. The minimum atomic E-state index is -3.71. The summed E-state index contributed by atoms with van der Waals surface area (Å²) in [7, 11) is 0.